The van der Waals surface area contributed by atoms with E-state index < -0.39 is 0 Å². The lowest BCUT2D eigenvalue weighted by Crippen LogP contribution is -2.31. The highest BCUT2D eigenvalue weighted by Gasteiger charge is 2.32. The summed E-state index contributed by atoms with van der Waals surface area (Å²) in [6, 6.07) is 15.3. The van der Waals surface area contributed by atoms with Crippen molar-refractivity contribution < 1.29 is 18.7 Å². The fraction of sp³-hybridized carbons (Fsp3) is 0.318. The zero-order valence-electron chi connectivity index (χ0n) is 15.7. The van der Waals surface area contributed by atoms with Gasteiger partial charge in [0.15, 0.2) is 18.1 Å². The summed E-state index contributed by atoms with van der Waals surface area (Å²) in [4.78, 5) is 12.3. The lowest BCUT2D eigenvalue weighted by Gasteiger charge is -2.18. The van der Waals surface area contributed by atoms with Crippen molar-refractivity contribution in [2.45, 2.75) is 38.8 Å². The first kappa shape index (κ1) is 17.5. The van der Waals surface area contributed by atoms with E-state index in [1.165, 1.54) is 0 Å². The summed E-state index contributed by atoms with van der Waals surface area (Å²) in [6.07, 6.45) is 0.828. The maximum Gasteiger partial charge on any atom is 0.258 e. The summed E-state index contributed by atoms with van der Waals surface area (Å²) in [5.74, 6) is 1.85. The molecule has 0 spiro atoms. The van der Waals surface area contributed by atoms with E-state index in [-0.39, 0.29) is 24.2 Å². The SMILES string of the molecule is CC(NC(=O)COc1cccc2c1OC(C)(C)C2)c1cc2ccccc2o1. The lowest BCUT2D eigenvalue weighted by molar-refractivity contribution is -0.123. The molecular weight excluding hydrogens is 342 g/mol. The number of ether oxygens (including phenoxy) is 2. The molecule has 0 saturated carbocycles. The van der Waals surface area contributed by atoms with Gasteiger partial charge < -0.3 is 19.2 Å². The van der Waals surface area contributed by atoms with Crippen molar-refractivity contribution in [2.24, 2.45) is 0 Å². The lowest BCUT2D eigenvalue weighted by atomic mass is 10.0. The van der Waals surface area contributed by atoms with Crippen LogP contribution in [0.3, 0.4) is 0 Å². The van der Waals surface area contributed by atoms with E-state index in [0.717, 1.165) is 34.5 Å². The van der Waals surface area contributed by atoms with Crippen LogP contribution in [-0.2, 0) is 11.2 Å². The Morgan fingerprint density at radius 1 is 1.22 bits per heavy atom. The van der Waals surface area contributed by atoms with Crippen molar-refractivity contribution in [3.63, 3.8) is 0 Å². The number of para-hydroxylation sites is 2. The molecule has 2 heterocycles. The number of fused-ring (bicyclic) bond motifs is 2. The summed E-state index contributed by atoms with van der Waals surface area (Å²) >= 11 is 0. The summed E-state index contributed by atoms with van der Waals surface area (Å²) < 4.78 is 17.5. The van der Waals surface area contributed by atoms with E-state index in [1.54, 1.807) is 0 Å². The van der Waals surface area contributed by atoms with Gasteiger partial charge >= 0.3 is 0 Å². The van der Waals surface area contributed by atoms with Crippen molar-refractivity contribution in [3.8, 4) is 11.5 Å². The van der Waals surface area contributed by atoms with Gasteiger partial charge in [-0.05, 0) is 39.0 Å². The number of hydrogen-bond acceptors (Lipinski definition) is 4. The molecular formula is C22H23NO4. The maximum atomic E-state index is 12.3. The Morgan fingerprint density at radius 2 is 2.04 bits per heavy atom. The monoisotopic (exact) mass is 365 g/mol. The molecule has 4 rings (SSSR count). The van der Waals surface area contributed by atoms with Crippen molar-refractivity contribution in [3.05, 3.63) is 59.9 Å². The van der Waals surface area contributed by atoms with E-state index in [0.29, 0.717) is 5.75 Å². The molecule has 1 amide bonds. The largest absolute Gasteiger partial charge is 0.483 e. The molecule has 2 aromatic carbocycles. The van der Waals surface area contributed by atoms with E-state index in [2.05, 4.69) is 5.32 Å². The van der Waals surface area contributed by atoms with Gasteiger partial charge in [-0.2, -0.15) is 0 Å². The number of carbonyl (C=O) groups excluding carboxylic acids is 1. The van der Waals surface area contributed by atoms with Gasteiger partial charge in [-0.3, -0.25) is 4.79 Å². The second-order valence-electron chi connectivity index (χ2n) is 7.55. The first-order valence-corrected chi connectivity index (χ1v) is 9.13. The molecule has 3 aromatic rings. The molecule has 1 aliphatic heterocycles. The molecule has 1 atom stereocenters. The van der Waals surface area contributed by atoms with Crippen molar-refractivity contribution in [1.82, 2.24) is 5.32 Å². The third-order valence-electron chi connectivity index (χ3n) is 4.66. The third-order valence-corrected chi connectivity index (χ3v) is 4.66. The molecule has 5 nitrogen and oxygen atoms in total. The van der Waals surface area contributed by atoms with Crippen LogP contribution in [-0.4, -0.2) is 18.1 Å². The maximum absolute atomic E-state index is 12.3. The molecule has 1 N–H and O–H groups in total. The topological polar surface area (TPSA) is 60.7 Å². The van der Waals surface area contributed by atoms with Gasteiger partial charge in [0, 0.05) is 17.4 Å². The minimum atomic E-state index is -0.250. The Bertz CT molecular complexity index is 956. The van der Waals surface area contributed by atoms with Crippen molar-refractivity contribution in [2.75, 3.05) is 6.61 Å². The zero-order valence-corrected chi connectivity index (χ0v) is 15.7. The Hall–Kier alpha value is -2.95. The normalized spacial score (nSPS) is 15.8. The number of furan rings is 1. The second kappa shape index (κ2) is 6.65. The summed E-state index contributed by atoms with van der Waals surface area (Å²) in [7, 11) is 0. The fourth-order valence-electron chi connectivity index (χ4n) is 3.41. The van der Waals surface area contributed by atoms with Crippen molar-refractivity contribution >= 4 is 16.9 Å². The highest BCUT2D eigenvalue weighted by atomic mass is 16.5. The molecule has 0 bridgehead atoms. The number of rotatable bonds is 5. The Morgan fingerprint density at radius 3 is 2.85 bits per heavy atom. The minimum Gasteiger partial charge on any atom is -0.483 e. The Balaban J connectivity index is 1.39. The molecule has 27 heavy (non-hydrogen) atoms. The molecule has 5 heteroatoms. The van der Waals surface area contributed by atoms with Gasteiger partial charge in [0.05, 0.1) is 6.04 Å². The van der Waals surface area contributed by atoms with Gasteiger partial charge in [0.1, 0.15) is 16.9 Å². The highest BCUT2D eigenvalue weighted by molar-refractivity contribution is 5.80. The van der Waals surface area contributed by atoms with Crippen LogP contribution in [0, 0.1) is 0 Å². The van der Waals surface area contributed by atoms with Crippen LogP contribution in [0.4, 0.5) is 0 Å². The highest BCUT2D eigenvalue weighted by Crippen LogP contribution is 2.41. The van der Waals surface area contributed by atoms with Crippen LogP contribution < -0.4 is 14.8 Å². The van der Waals surface area contributed by atoms with Gasteiger partial charge in [-0.1, -0.05) is 30.3 Å². The number of carbonyl (C=O) groups is 1. The predicted molar refractivity (Wildman–Crippen MR) is 103 cm³/mol. The summed E-state index contributed by atoms with van der Waals surface area (Å²) in [5, 5.41) is 3.93. The molecule has 0 aliphatic carbocycles. The molecule has 0 fully saturated rings. The Labute approximate surface area is 158 Å². The van der Waals surface area contributed by atoms with E-state index in [1.807, 2.05) is 69.3 Å². The average molecular weight is 365 g/mol. The number of amides is 1. The molecule has 1 unspecified atom stereocenters. The first-order valence-electron chi connectivity index (χ1n) is 9.13. The fourth-order valence-corrected chi connectivity index (χ4v) is 3.41. The zero-order chi connectivity index (χ0) is 19.0. The number of hydrogen-bond donors (Lipinski definition) is 1. The predicted octanol–water partition coefficient (Wildman–Crippen LogP) is 4.40. The summed E-state index contributed by atoms with van der Waals surface area (Å²) in [5.41, 5.74) is 1.66. The first-order chi connectivity index (χ1) is 12.9. The summed E-state index contributed by atoms with van der Waals surface area (Å²) in [6.45, 7) is 5.89. The van der Waals surface area contributed by atoms with Crippen molar-refractivity contribution in [1.29, 1.82) is 0 Å². The van der Waals surface area contributed by atoms with Crippen LogP contribution in [0.5, 0.6) is 11.5 Å². The second-order valence-corrected chi connectivity index (χ2v) is 7.55. The minimum absolute atomic E-state index is 0.0786. The molecule has 0 radical (unpaired) electrons. The average Bonchev–Trinajstić information content (AvgIpc) is 3.19. The van der Waals surface area contributed by atoms with Crippen LogP contribution in [0.15, 0.2) is 52.9 Å². The van der Waals surface area contributed by atoms with Crippen LogP contribution in [0.1, 0.15) is 38.1 Å². The van der Waals surface area contributed by atoms with Crippen LogP contribution in [0.25, 0.3) is 11.0 Å². The van der Waals surface area contributed by atoms with E-state index in [9.17, 15) is 4.79 Å². The number of benzene rings is 2. The molecule has 140 valence electrons. The van der Waals surface area contributed by atoms with Gasteiger partial charge in [0.2, 0.25) is 0 Å². The smallest absolute Gasteiger partial charge is 0.258 e. The van der Waals surface area contributed by atoms with Gasteiger partial charge in [-0.15, -0.1) is 0 Å². The Kier molecular flexibility index (Phi) is 4.30. The van der Waals surface area contributed by atoms with Gasteiger partial charge in [-0.25, -0.2) is 0 Å². The standard InChI is InChI=1S/C22H23NO4/c1-14(19-11-15-7-4-5-9-17(15)26-19)23-20(24)13-25-18-10-6-8-16-12-22(2,3)27-21(16)18/h4-11,14H,12-13H2,1-3H3,(H,23,24). The molecule has 0 saturated heterocycles. The van der Waals surface area contributed by atoms with Crippen LogP contribution >= 0.6 is 0 Å². The van der Waals surface area contributed by atoms with E-state index >= 15 is 0 Å². The third kappa shape index (κ3) is 3.63. The van der Waals surface area contributed by atoms with Crippen LogP contribution in [0.2, 0.25) is 0 Å². The quantitative estimate of drug-likeness (QED) is 0.728. The number of nitrogens with one attached hydrogen (secondary N) is 1. The van der Waals surface area contributed by atoms with E-state index in [4.69, 9.17) is 13.9 Å². The molecule has 1 aromatic heterocycles. The van der Waals surface area contributed by atoms with Gasteiger partial charge in [0.25, 0.3) is 5.91 Å². The molecule has 1 aliphatic rings.